The number of carboxylic acids is 2. The van der Waals surface area contributed by atoms with E-state index in [-0.39, 0.29) is 0 Å². The lowest BCUT2D eigenvalue weighted by molar-refractivity contribution is -0.144. The van der Waals surface area contributed by atoms with Gasteiger partial charge in [-0.3, -0.25) is 9.59 Å². The van der Waals surface area contributed by atoms with Crippen molar-refractivity contribution in [3.8, 4) is 0 Å². The number of fused-ring (bicyclic) bond motifs is 1. The minimum atomic E-state index is -0.949. The van der Waals surface area contributed by atoms with Gasteiger partial charge in [0.2, 0.25) is 0 Å². The van der Waals surface area contributed by atoms with Crippen molar-refractivity contribution in [2.75, 3.05) is 0 Å². The zero-order valence-electron chi connectivity index (χ0n) is 5.13. The summed E-state index contributed by atoms with van der Waals surface area (Å²) in [6.07, 6.45) is 0.676. The van der Waals surface area contributed by atoms with Crippen LogP contribution in [0.5, 0.6) is 0 Å². The Balaban J connectivity index is 2.22. The van der Waals surface area contributed by atoms with Crippen molar-refractivity contribution in [3.63, 3.8) is 0 Å². The summed E-state index contributed by atoms with van der Waals surface area (Å²) in [6.45, 7) is 0. The molecule has 0 aliphatic heterocycles. The molecule has 0 aromatic carbocycles. The monoisotopic (exact) mass is 142 g/mol. The van der Waals surface area contributed by atoms with Crippen LogP contribution < -0.4 is 0 Å². The molecule has 0 amide bonds. The van der Waals surface area contributed by atoms with Crippen LogP contribution in [0.3, 0.4) is 0 Å². The maximum Gasteiger partial charge on any atom is 0.310 e. The summed E-state index contributed by atoms with van der Waals surface area (Å²) in [4.78, 5) is 20.7. The quantitative estimate of drug-likeness (QED) is 0.566. The highest BCUT2D eigenvalue weighted by molar-refractivity contribution is 6.00. The van der Waals surface area contributed by atoms with Crippen LogP contribution in [0.2, 0.25) is 0 Å². The predicted molar refractivity (Wildman–Crippen MR) is 29.4 cm³/mol. The largest absolute Gasteiger partial charge is 0.481 e. The number of hydrogen-bond acceptors (Lipinski definition) is 2. The highest BCUT2D eigenvalue weighted by atomic mass is 16.4. The molecule has 0 radical (unpaired) electrons. The van der Waals surface area contributed by atoms with Crippen molar-refractivity contribution < 1.29 is 19.8 Å². The highest BCUT2D eigenvalue weighted by Crippen LogP contribution is 2.86. The smallest absolute Gasteiger partial charge is 0.310 e. The van der Waals surface area contributed by atoms with Gasteiger partial charge in [-0.2, -0.15) is 0 Å². The lowest BCUT2D eigenvalue weighted by Crippen LogP contribution is -2.05. The van der Waals surface area contributed by atoms with Gasteiger partial charge in [-0.1, -0.05) is 0 Å². The molecule has 2 aliphatic carbocycles. The lowest BCUT2D eigenvalue weighted by atomic mass is 10.2. The molecule has 0 atom stereocenters. The Bertz CT molecular complexity index is 212. The lowest BCUT2D eigenvalue weighted by Gasteiger charge is -1.89. The van der Waals surface area contributed by atoms with E-state index in [1.807, 2.05) is 0 Å². The Labute approximate surface area is 56.5 Å². The molecule has 2 saturated carbocycles. The standard InChI is InChI=1S/C6H6O4/c7-3(8)5-1-6(5,2-5)4(9)10/h1-2H2,(H,7,8)(H,9,10). The van der Waals surface area contributed by atoms with Crippen LogP contribution in [0.1, 0.15) is 12.8 Å². The molecular weight excluding hydrogens is 136 g/mol. The third-order valence-electron chi connectivity index (χ3n) is 2.69. The molecule has 4 heteroatoms. The molecule has 0 aromatic rings. The van der Waals surface area contributed by atoms with Crippen LogP contribution in [-0.2, 0) is 9.59 Å². The summed E-state index contributed by atoms with van der Waals surface area (Å²) < 4.78 is 0. The fraction of sp³-hybridized carbons (Fsp3) is 0.667. The zero-order valence-corrected chi connectivity index (χ0v) is 5.13. The fourth-order valence-electron chi connectivity index (χ4n) is 1.60. The number of hydrogen-bond donors (Lipinski definition) is 2. The van der Waals surface area contributed by atoms with E-state index in [1.165, 1.54) is 0 Å². The third-order valence-corrected chi connectivity index (χ3v) is 2.69. The first-order chi connectivity index (χ1) is 4.55. The molecule has 54 valence electrons. The first kappa shape index (κ1) is 5.70. The molecule has 2 N–H and O–H groups in total. The Morgan fingerprint density at radius 1 is 1.00 bits per heavy atom. The Hall–Kier alpha value is -1.06. The van der Waals surface area contributed by atoms with Gasteiger partial charge in [0.15, 0.2) is 0 Å². The fourth-order valence-corrected chi connectivity index (χ4v) is 1.60. The van der Waals surface area contributed by atoms with E-state index in [4.69, 9.17) is 10.2 Å². The molecule has 10 heavy (non-hydrogen) atoms. The van der Waals surface area contributed by atoms with Crippen LogP contribution >= 0.6 is 0 Å². The Morgan fingerprint density at radius 3 is 1.40 bits per heavy atom. The molecule has 0 aromatic heterocycles. The number of carboxylic acid groups (broad SMARTS) is 2. The third kappa shape index (κ3) is 0.314. The number of aliphatic carboxylic acids is 2. The van der Waals surface area contributed by atoms with Crippen LogP contribution in [0, 0.1) is 10.8 Å². The molecule has 2 aliphatic rings. The van der Waals surface area contributed by atoms with Crippen molar-refractivity contribution in [1.82, 2.24) is 0 Å². The van der Waals surface area contributed by atoms with Crippen molar-refractivity contribution >= 4 is 11.9 Å². The summed E-state index contributed by atoms with van der Waals surface area (Å²) in [5, 5.41) is 17.0. The van der Waals surface area contributed by atoms with Gasteiger partial charge in [0.1, 0.15) is 0 Å². The highest BCUT2D eigenvalue weighted by Gasteiger charge is 2.92. The minimum absolute atomic E-state index is 0.338. The normalized spacial score (nSPS) is 47.6. The SMILES string of the molecule is O=C(O)C12CC1(C(=O)O)C2. The van der Waals surface area contributed by atoms with Gasteiger partial charge in [-0.15, -0.1) is 0 Å². The Morgan fingerprint density at radius 2 is 1.30 bits per heavy atom. The average molecular weight is 142 g/mol. The van der Waals surface area contributed by atoms with Crippen LogP contribution in [0.15, 0.2) is 0 Å². The van der Waals surface area contributed by atoms with Gasteiger partial charge in [0.25, 0.3) is 0 Å². The molecule has 0 unspecified atom stereocenters. The van der Waals surface area contributed by atoms with Gasteiger partial charge >= 0.3 is 11.9 Å². The molecule has 0 spiro atoms. The van der Waals surface area contributed by atoms with Crippen molar-refractivity contribution in [3.05, 3.63) is 0 Å². The molecule has 0 saturated heterocycles. The molecular formula is C6H6O4. The van der Waals surface area contributed by atoms with E-state index in [9.17, 15) is 9.59 Å². The van der Waals surface area contributed by atoms with Gasteiger partial charge in [0.05, 0.1) is 10.8 Å². The molecule has 2 rings (SSSR count). The molecule has 0 heterocycles. The predicted octanol–water partition coefficient (Wildman–Crippen LogP) is -0.0642. The van der Waals surface area contributed by atoms with Gasteiger partial charge in [-0.05, 0) is 12.8 Å². The first-order valence-electron chi connectivity index (χ1n) is 3.02. The maximum atomic E-state index is 10.4. The summed E-state index contributed by atoms with van der Waals surface area (Å²) in [5.41, 5.74) is -1.70. The van der Waals surface area contributed by atoms with E-state index >= 15 is 0 Å². The zero-order chi connectivity index (χ0) is 7.57. The molecule has 4 nitrogen and oxygen atoms in total. The van der Waals surface area contributed by atoms with E-state index in [1.54, 1.807) is 0 Å². The van der Waals surface area contributed by atoms with Crippen LogP contribution in [-0.4, -0.2) is 22.2 Å². The minimum Gasteiger partial charge on any atom is -0.481 e. The average Bonchev–Trinajstić information content (AvgIpc) is 2.41. The van der Waals surface area contributed by atoms with Gasteiger partial charge in [0, 0.05) is 0 Å². The van der Waals surface area contributed by atoms with E-state index in [2.05, 4.69) is 0 Å². The van der Waals surface area contributed by atoms with Crippen LogP contribution in [0.25, 0.3) is 0 Å². The number of carbonyl (C=O) groups is 2. The summed E-state index contributed by atoms with van der Waals surface area (Å²) in [5.74, 6) is -1.90. The molecule has 2 fully saturated rings. The second-order valence-corrected chi connectivity index (χ2v) is 3.13. The van der Waals surface area contributed by atoms with Crippen molar-refractivity contribution in [1.29, 1.82) is 0 Å². The van der Waals surface area contributed by atoms with Crippen molar-refractivity contribution in [2.45, 2.75) is 12.8 Å². The summed E-state index contributed by atoms with van der Waals surface area (Å²) in [6, 6.07) is 0. The van der Waals surface area contributed by atoms with E-state index in [0.717, 1.165) is 0 Å². The van der Waals surface area contributed by atoms with Crippen molar-refractivity contribution in [2.24, 2.45) is 10.8 Å². The molecule has 0 bridgehead atoms. The van der Waals surface area contributed by atoms with Crippen LogP contribution in [0.4, 0.5) is 0 Å². The second kappa shape index (κ2) is 1.07. The summed E-state index contributed by atoms with van der Waals surface area (Å²) in [7, 11) is 0. The maximum absolute atomic E-state index is 10.4. The van der Waals surface area contributed by atoms with E-state index < -0.39 is 22.8 Å². The topological polar surface area (TPSA) is 74.6 Å². The van der Waals surface area contributed by atoms with Gasteiger partial charge < -0.3 is 10.2 Å². The first-order valence-corrected chi connectivity index (χ1v) is 3.02. The van der Waals surface area contributed by atoms with Gasteiger partial charge in [-0.25, -0.2) is 0 Å². The number of rotatable bonds is 2. The summed E-state index contributed by atoms with van der Waals surface area (Å²) >= 11 is 0. The Kier molecular flexibility index (Phi) is 0.608. The van der Waals surface area contributed by atoms with E-state index in [0.29, 0.717) is 12.8 Å². The second-order valence-electron chi connectivity index (χ2n) is 3.13.